The average molecular weight is 252 g/mol. The Morgan fingerprint density at radius 3 is 2.29 bits per heavy atom. The Kier molecular flexibility index (Phi) is 4.69. The van der Waals surface area contributed by atoms with E-state index in [0.717, 1.165) is 37.6 Å². The molecule has 1 aromatic carbocycles. The van der Waals surface area contributed by atoms with E-state index in [9.17, 15) is 0 Å². The van der Waals surface area contributed by atoms with Crippen molar-refractivity contribution in [1.82, 2.24) is 4.90 Å². The number of anilines is 1. The first-order valence-corrected chi connectivity index (χ1v) is 6.69. The third-order valence-corrected chi connectivity index (χ3v) is 3.54. The predicted molar refractivity (Wildman–Crippen MR) is 74.7 cm³/mol. The number of hydrogen-bond donors (Lipinski definition) is 0. The number of unbranched alkanes of at least 4 members (excludes halogenated alkanes) is 1. The lowest BCUT2D eigenvalue weighted by molar-refractivity contribution is 0.255. The van der Waals surface area contributed by atoms with Crippen molar-refractivity contribution in [2.75, 3.05) is 37.6 Å². The van der Waals surface area contributed by atoms with Gasteiger partial charge in [-0.15, -0.1) is 0 Å². The van der Waals surface area contributed by atoms with Crippen LogP contribution in [0.1, 0.15) is 12.8 Å². The third-order valence-electron chi connectivity index (χ3n) is 3.29. The molecule has 93 valence electrons. The van der Waals surface area contributed by atoms with E-state index < -0.39 is 0 Å². The van der Waals surface area contributed by atoms with E-state index in [1.807, 2.05) is 12.1 Å². The van der Waals surface area contributed by atoms with Gasteiger partial charge in [-0.05, 0) is 37.2 Å². The minimum absolute atomic E-state index is 0.808. The van der Waals surface area contributed by atoms with Crippen molar-refractivity contribution in [3.63, 3.8) is 0 Å². The fraction of sp³-hybridized carbons (Fsp3) is 0.500. The van der Waals surface area contributed by atoms with Crippen LogP contribution in [0.4, 0.5) is 5.69 Å². The zero-order chi connectivity index (χ0) is 12.1. The molecule has 1 heterocycles. The molecular weight excluding hydrogens is 232 g/mol. The molecule has 2 nitrogen and oxygen atoms in total. The quantitative estimate of drug-likeness (QED) is 0.812. The molecule has 1 aliphatic rings. The first-order valence-electron chi connectivity index (χ1n) is 6.32. The predicted octanol–water partition coefficient (Wildman–Crippen LogP) is 3.08. The van der Waals surface area contributed by atoms with E-state index in [1.54, 1.807) is 0 Å². The van der Waals surface area contributed by atoms with Crippen LogP contribution in [0.5, 0.6) is 0 Å². The number of nitrogens with zero attached hydrogens (tertiary/aromatic N) is 2. The highest BCUT2D eigenvalue weighted by Crippen LogP contribution is 2.19. The SMILES string of the molecule is [CH2]CCCN1CCN(c2ccc(Cl)cc2)CC1. The molecule has 1 aliphatic heterocycles. The highest BCUT2D eigenvalue weighted by molar-refractivity contribution is 6.30. The van der Waals surface area contributed by atoms with Gasteiger partial charge in [-0.1, -0.05) is 24.9 Å². The molecule has 0 saturated carbocycles. The number of halogens is 1. The van der Waals surface area contributed by atoms with E-state index in [0.29, 0.717) is 0 Å². The van der Waals surface area contributed by atoms with Gasteiger partial charge in [0.05, 0.1) is 0 Å². The fourth-order valence-corrected chi connectivity index (χ4v) is 2.34. The molecule has 1 aromatic rings. The van der Waals surface area contributed by atoms with Crippen molar-refractivity contribution in [2.45, 2.75) is 12.8 Å². The summed E-state index contributed by atoms with van der Waals surface area (Å²) in [6.45, 7) is 9.61. The molecule has 1 fully saturated rings. The normalized spacial score (nSPS) is 17.4. The molecule has 0 bridgehead atoms. The van der Waals surface area contributed by atoms with Gasteiger partial charge in [-0.3, -0.25) is 4.90 Å². The van der Waals surface area contributed by atoms with Crippen molar-refractivity contribution in [1.29, 1.82) is 0 Å². The van der Waals surface area contributed by atoms with Gasteiger partial charge in [0.1, 0.15) is 0 Å². The second kappa shape index (κ2) is 6.27. The molecule has 1 radical (unpaired) electrons. The van der Waals surface area contributed by atoms with Crippen molar-refractivity contribution in [2.24, 2.45) is 0 Å². The highest BCUT2D eigenvalue weighted by atomic mass is 35.5. The van der Waals surface area contributed by atoms with Crippen LogP contribution in [0.3, 0.4) is 0 Å². The summed E-state index contributed by atoms with van der Waals surface area (Å²) in [5.74, 6) is 0. The number of hydrogen-bond acceptors (Lipinski definition) is 2. The van der Waals surface area contributed by atoms with Crippen LogP contribution in [0, 0.1) is 6.92 Å². The zero-order valence-corrected chi connectivity index (χ0v) is 11.0. The molecule has 17 heavy (non-hydrogen) atoms. The monoisotopic (exact) mass is 251 g/mol. The van der Waals surface area contributed by atoms with Gasteiger partial charge in [0.2, 0.25) is 0 Å². The number of piperazine rings is 1. The van der Waals surface area contributed by atoms with Gasteiger partial charge in [-0.2, -0.15) is 0 Å². The smallest absolute Gasteiger partial charge is 0.0407 e. The largest absolute Gasteiger partial charge is 0.369 e. The summed E-state index contributed by atoms with van der Waals surface area (Å²) < 4.78 is 0. The summed E-state index contributed by atoms with van der Waals surface area (Å²) in [5.41, 5.74) is 1.28. The molecule has 0 spiro atoms. The second-order valence-electron chi connectivity index (χ2n) is 4.51. The fourth-order valence-electron chi connectivity index (χ4n) is 2.22. The molecule has 3 heteroatoms. The molecule has 0 unspecified atom stereocenters. The minimum Gasteiger partial charge on any atom is -0.369 e. The van der Waals surface area contributed by atoms with Crippen LogP contribution in [0.2, 0.25) is 5.02 Å². The van der Waals surface area contributed by atoms with E-state index >= 15 is 0 Å². The van der Waals surface area contributed by atoms with Gasteiger partial charge in [0, 0.05) is 36.9 Å². The Morgan fingerprint density at radius 2 is 1.71 bits per heavy atom. The Hall–Kier alpha value is -0.730. The maximum absolute atomic E-state index is 5.90. The maximum atomic E-state index is 5.90. The molecule has 0 aliphatic carbocycles. The molecule has 2 rings (SSSR count). The summed E-state index contributed by atoms with van der Waals surface area (Å²) in [6.07, 6.45) is 2.25. The van der Waals surface area contributed by atoms with Crippen molar-refractivity contribution in [3.8, 4) is 0 Å². The van der Waals surface area contributed by atoms with Gasteiger partial charge in [-0.25, -0.2) is 0 Å². The first kappa shape index (κ1) is 12.7. The Balaban J connectivity index is 1.84. The molecule has 0 aromatic heterocycles. The molecule has 0 atom stereocenters. The van der Waals surface area contributed by atoms with Gasteiger partial charge in [0.25, 0.3) is 0 Å². The zero-order valence-electron chi connectivity index (χ0n) is 10.2. The average Bonchev–Trinajstić information content (AvgIpc) is 2.38. The lowest BCUT2D eigenvalue weighted by atomic mass is 10.2. The van der Waals surface area contributed by atoms with E-state index in [1.165, 1.54) is 18.7 Å². The maximum Gasteiger partial charge on any atom is 0.0407 e. The van der Waals surface area contributed by atoms with Crippen LogP contribution in [-0.2, 0) is 0 Å². The summed E-state index contributed by atoms with van der Waals surface area (Å²) in [5, 5.41) is 0.808. The van der Waals surface area contributed by atoms with Gasteiger partial charge >= 0.3 is 0 Å². The summed E-state index contributed by atoms with van der Waals surface area (Å²) in [7, 11) is 0. The van der Waals surface area contributed by atoms with Gasteiger partial charge < -0.3 is 4.90 Å². The lowest BCUT2D eigenvalue weighted by Crippen LogP contribution is -2.46. The van der Waals surface area contributed by atoms with Crippen LogP contribution in [0.25, 0.3) is 0 Å². The van der Waals surface area contributed by atoms with E-state index in [4.69, 9.17) is 11.6 Å². The topological polar surface area (TPSA) is 6.48 Å². The van der Waals surface area contributed by atoms with Gasteiger partial charge in [0.15, 0.2) is 0 Å². The molecular formula is C14H20ClN2. The molecule has 0 amide bonds. The summed E-state index contributed by atoms with van der Waals surface area (Å²) >= 11 is 5.90. The molecule has 0 N–H and O–H groups in total. The van der Waals surface area contributed by atoms with E-state index in [2.05, 4.69) is 28.9 Å². The van der Waals surface area contributed by atoms with Crippen LogP contribution < -0.4 is 4.90 Å². The minimum atomic E-state index is 0.808. The summed E-state index contributed by atoms with van der Waals surface area (Å²) in [6, 6.07) is 8.14. The first-order chi connectivity index (χ1) is 8.29. The number of rotatable bonds is 4. The standard InChI is InChI=1S/C14H20ClN2/c1-2-3-8-16-9-11-17(12-10-16)14-6-4-13(15)5-7-14/h4-7H,1-3,8-12H2. The van der Waals surface area contributed by atoms with Crippen molar-refractivity contribution >= 4 is 17.3 Å². The summed E-state index contributed by atoms with van der Waals surface area (Å²) in [4.78, 5) is 4.95. The highest BCUT2D eigenvalue weighted by Gasteiger charge is 2.16. The molecule has 1 saturated heterocycles. The van der Waals surface area contributed by atoms with Crippen molar-refractivity contribution < 1.29 is 0 Å². The Labute approximate surface area is 109 Å². The number of benzene rings is 1. The third kappa shape index (κ3) is 3.62. The van der Waals surface area contributed by atoms with Crippen molar-refractivity contribution in [3.05, 3.63) is 36.2 Å². The second-order valence-corrected chi connectivity index (χ2v) is 4.95. The Bertz CT molecular complexity index is 329. The van der Waals surface area contributed by atoms with E-state index in [-0.39, 0.29) is 0 Å². The Morgan fingerprint density at radius 1 is 1.06 bits per heavy atom. The van der Waals surface area contributed by atoms with Crippen LogP contribution >= 0.6 is 11.6 Å². The van der Waals surface area contributed by atoms with Crippen LogP contribution in [-0.4, -0.2) is 37.6 Å². The lowest BCUT2D eigenvalue weighted by Gasteiger charge is -2.36. The van der Waals surface area contributed by atoms with Crippen LogP contribution in [0.15, 0.2) is 24.3 Å².